The first-order valence-corrected chi connectivity index (χ1v) is 6.64. The van der Waals surface area contributed by atoms with Crippen molar-refractivity contribution in [2.45, 2.75) is 13.1 Å². The summed E-state index contributed by atoms with van der Waals surface area (Å²) in [6, 6.07) is 4.63. The molecule has 0 saturated heterocycles. The number of hydrogen-bond donors (Lipinski definition) is 0. The van der Waals surface area contributed by atoms with Crippen molar-refractivity contribution in [3.8, 4) is 11.8 Å². The first-order chi connectivity index (χ1) is 10.7. The molecule has 0 N–H and O–H groups in total. The predicted molar refractivity (Wildman–Crippen MR) is 77.4 cm³/mol. The van der Waals surface area contributed by atoms with E-state index in [0.29, 0.717) is 0 Å². The van der Waals surface area contributed by atoms with Crippen LogP contribution in [0, 0.1) is 11.3 Å². The van der Waals surface area contributed by atoms with Gasteiger partial charge in [0.1, 0.15) is 11.6 Å². The van der Waals surface area contributed by atoms with Gasteiger partial charge in [-0.25, -0.2) is 4.68 Å². The molecule has 0 unspecified atom stereocenters. The van der Waals surface area contributed by atoms with Gasteiger partial charge in [0.05, 0.1) is 22.5 Å². The Hall–Kier alpha value is -2.53. The molecule has 0 aliphatic rings. The number of carbonyl (C=O) groups excluding carboxylic acids is 1. The molecule has 1 amide bonds. The van der Waals surface area contributed by atoms with Gasteiger partial charge in [-0.1, -0.05) is 11.6 Å². The molecule has 2 aromatic rings. The first-order valence-electron chi connectivity index (χ1n) is 6.26. The zero-order chi connectivity index (χ0) is 17.4. The van der Waals surface area contributed by atoms with Crippen LogP contribution in [0.15, 0.2) is 24.4 Å². The highest BCUT2D eigenvalue weighted by molar-refractivity contribution is 6.32. The quantitative estimate of drug-likeness (QED) is 0.840. The first kappa shape index (κ1) is 16.8. The highest BCUT2D eigenvalue weighted by Gasteiger charge is 2.31. The van der Waals surface area contributed by atoms with Gasteiger partial charge in [0.2, 0.25) is 5.91 Å². The van der Waals surface area contributed by atoms with E-state index in [-0.39, 0.29) is 28.0 Å². The SMILES string of the molecule is CC(=O)N(C)c1c(C#N)cnn1-c1ccc(C(F)(F)F)cc1Cl. The molecule has 1 heterocycles. The lowest BCUT2D eigenvalue weighted by molar-refractivity contribution is -0.137. The molecule has 0 saturated carbocycles. The van der Waals surface area contributed by atoms with Gasteiger partial charge in [-0.05, 0) is 18.2 Å². The third-order valence-electron chi connectivity index (χ3n) is 3.16. The number of nitrogens with zero attached hydrogens (tertiary/aromatic N) is 4. The summed E-state index contributed by atoms with van der Waals surface area (Å²) in [6.45, 7) is 1.28. The molecule has 0 fully saturated rings. The van der Waals surface area contributed by atoms with Gasteiger partial charge < -0.3 is 0 Å². The molecule has 23 heavy (non-hydrogen) atoms. The Labute approximate surface area is 134 Å². The summed E-state index contributed by atoms with van der Waals surface area (Å²) in [5.41, 5.74) is -0.677. The largest absolute Gasteiger partial charge is 0.416 e. The molecule has 1 aromatic heterocycles. The zero-order valence-electron chi connectivity index (χ0n) is 12.0. The van der Waals surface area contributed by atoms with E-state index in [1.807, 2.05) is 6.07 Å². The number of nitriles is 1. The van der Waals surface area contributed by atoms with E-state index in [1.54, 1.807) is 0 Å². The number of alkyl halides is 3. The number of carbonyl (C=O) groups is 1. The Kier molecular flexibility index (Phi) is 4.34. The Bertz CT molecular complexity index is 807. The van der Waals surface area contributed by atoms with Gasteiger partial charge >= 0.3 is 6.18 Å². The van der Waals surface area contributed by atoms with Crippen LogP contribution >= 0.6 is 11.6 Å². The van der Waals surface area contributed by atoms with Gasteiger partial charge in [-0.15, -0.1) is 0 Å². The minimum absolute atomic E-state index is 0.0960. The van der Waals surface area contributed by atoms with Crippen molar-refractivity contribution in [3.63, 3.8) is 0 Å². The van der Waals surface area contributed by atoms with E-state index >= 15 is 0 Å². The lowest BCUT2D eigenvalue weighted by Crippen LogP contribution is -2.26. The molecule has 0 aliphatic carbocycles. The summed E-state index contributed by atoms with van der Waals surface area (Å²) in [5, 5.41) is 12.9. The molecular weight excluding hydrogens is 333 g/mol. The van der Waals surface area contributed by atoms with E-state index in [0.717, 1.165) is 22.9 Å². The van der Waals surface area contributed by atoms with Gasteiger partial charge in [0.25, 0.3) is 0 Å². The fourth-order valence-electron chi connectivity index (χ4n) is 1.92. The third kappa shape index (κ3) is 3.14. The average molecular weight is 343 g/mol. The fraction of sp³-hybridized carbons (Fsp3) is 0.214. The van der Waals surface area contributed by atoms with Crippen molar-refractivity contribution >= 4 is 23.3 Å². The fourth-order valence-corrected chi connectivity index (χ4v) is 2.18. The van der Waals surface area contributed by atoms with Crippen LogP contribution in [0.25, 0.3) is 5.69 Å². The topological polar surface area (TPSA) is 61.9 Å². The molecule has 0 aliphatic heterocycles. The minimum Gasteiger partial charge on any atom is -0.299 e. The Balaban J connectivity index is 2.62. The molecule has 0 atom stereocenters. The monoisotopic (exact) mass is 342 g/mol. The molecule has 120 valence electrons. The molecule has 0 radical (unpaired) electrons. The number of rotatable bonds is 2. The number of benzene rings is 1. The molecule has 0 spiro atoms. The van der Waals surface area contributed by atoms with Crippen LogP contribution < -0.4 is 4.90 Å². The summed E-state index contributed by atoms with van der Waals surface area (Å²) in [6.07, 6.45) is -3.31. The second-order valence-corrected chi connectivity index (χ2v) is 5.05. The summed E-state index contributed by atoms with van der Waals surface area (Å²) in [5.74, 6) is -0.243. The van der Waals surface area contributed by atoms with Crippen LogP contribution in [0.4, 0.5) is 19.0 Å². The molecule has 9 heteroatoms. The summed E-state index contributed by atoms with van der Waals surface area (Å²) in [4.78, 5) is 12.7. The number of aromatic nitrogens is 2. The Morgan fingerprint density at radius 3 is 2.57 bits per heavy atom. The zero-order valence-corrected chi connectivity index (χ0v) is 12.8. The second-order valence-electron chi connectivity index (χ2n) is 4.65. The lowest BCUT2D eigenvalue weighted by Gasteiger charge is -2.18. The van der Waals surface area contributed by atoms with Gasteiger partial charge in [0.15, 0.2) is 5.82 Å². The maximum atomic E-state index is 12.7. The highest BCUT2D eigenvalue weighted by atomic mass is 35.5. The molecular formula is C14H10ClF3N4O. The van der Waals surface area contributed by atoms with Crippen LogP contribution in [-0.2, 0) is 11.0 Å². The van der Waals surface area contributed by atoms with Crippen LogP contribution in [0.2, 0.25) is 5.02 Å². The van der Waals surface area contributed by atoms with E-state index in [2.05, 4.69) is 5.10 Å². The molecule has 2 rings (SSSR count). The summed E-state index contributed by atoms with van der Waals surface area (Å²) in [7, 11) is 1.43. The number of anilines is 1. The van der Waals surface area contributed by atoms with E-state index in [1.165, 1.54) is 25.1 Å². The van der Waals surface area contributed by atoms with Crippen LogP contribution in [0.5, 0.6) is 0 Å². The molecule has 0 bridgehead atoms. The van der Waals surface area contributed by atoms with Crippen LogP contribution in [0.3, 0.4) is 0 Å². The minimum atomic E-state index is -4.52. The van der Waals surface area contributed by atoms with Crippen molar-refractivity contribution in [3.05, 3.63) is 40.5 Å². The van der Waals surface area contributed by atoms with E-state index in [4.69, 9.17) is 16.9 Å². The predicted octanol–water partition coefficient (Wildman–Crippen LogP) is 3.40. The van der Waals surface area contributed by atoms with Crippen molar-refractivity contribution in [1.29, 1.82) is 5.26 Å². The van der Waals surface area contributed by atoms with Crippen LogP contribution in [0.1, 0.15) is 18.1 Å². The smallest absolute Gasteiger partial charge is 0.299 e. The van der Waals surface area contributed by atoms with Crippen LogP contribution in [-0.4, -0.2) is 22.7 Å². The number of halogens is 4. The standard InChI is InChI=1S/C14H10ClF3N4O/c1-8(23)21(2)13-9(6-19)7-20-22(13)12-4-3-10(5-11(12)15)14(16,17)18/h3-5,7H,1-2H3. The lowest BCUT2D eigenvalue weighted by atomic mass is 10.2. The summed E-state index contributed by atoms with van der Waals surface area (Å²) >= 11 is 5.93. The normalized spacial score (nSPS) is 11.2. The average Bonchev–Trinajstić information content (AvgIpc) is 2.88. The van der Waals surface area contributed by atoms with Gasteiger partial charge in [-0.3, -0.25) is 9.69 Å². The van der Waals surface area contributed by atoms with Crippen molar-refractivity contribution in [2.24, 2.45) is 0 Å². The van der Waals surface area contributed by atoms with Crippen molar-refractivity contribution < 1.29 is 18.0 Å². The van der Waals surface area contributed by atoms with Gasteiger partial charge in [0, 0.05) is 14.0 Å². The van der Waals surface area contributed by atoms with Crippen molar-refractivity contribution in [2.75, 3.05) is 11.9 Å². The molecule has 5 nitrogen and oxygen atoms in total. The van der Waals surface area contributed by atoms with E-state index < -0.39 is 11.7 Å². The van der Waals surface area contributed by atoms with E-state index in [9.17, 15) is 18.0 Å². The number of amides is 1. The van der Waals surface area contributed by atoms with Crippen molar-refractivity contribution in [1.82, 2.24) is 9.78 Å². The van der Waals surface area contributed by atoms with Gasteiger partial charge in [-0.2, -0.15) is 23.5 Å². The second kappa shape index (κ2) is 5.93. The summed E-state index contributed by atoms with van der Waals surface area (Å²) < 4.78 is 39.2. The third-order valence-corrected chi connectivity index (χ3v) is 3.46. The molecule has 1 aromatic carbocycles. The maximum Gasteiger partial charge on any atom is 0.416 e. The highest BCUT2D eigenvalue weighted by Crippen LogP contribution is 2.34. The Morgan fingerprint density at radius 1 is 1.43 bits per heavy atom. The maximum absolute atomic E-state index is 12.7. The number of hydrogen-bond acceptors (Lipinski definition) is 3. The Morgan fingerprint density at radius 2 is 2.09 bits per heavy atom.